The Morgan fingerprint density at radius 3 is 2.80 bits per heavy atom. The zero-order valence-corrected chi connectivity index (χ0v) is 11.3. The van der Waals surface area contributed by atoms with Gasteiger partial charge in [0, 0.05) is 17.8 Å². The quantitative estimate of drug-likeness (QED) is 0.726. The zero-order chi connectivity index (χ0) is 14.3. The normalized spacial score (nSPS) is 11.4. The number of rotatable bonds is 2. The van der Waals surface area contributed by atoms with Gasteiger partial charge in [0.1, 0.15) is 17.2 Å². The van der Waals surface area contributed by atoms with Gasteiger partial charge in [-0.05, 0) is 32.0 Å². The minimum atomic E-state index is -0.428. The third kappa shape index (κ3) is 1.82. The molecule has 2 aromatic heterocycles. The standard InChI is InChI=1S/C15H15FN4/c1-9(2)20-13-6-7-18-8-12(13)19-15(20)10-4-3-5-11(16)14(10)17/h3-9H,17H2,1-2H3. The Morgan fingerprint density at radius 2 is 2.05 bits per heavy atom. The van der Waals surface area contributed by atoms with E-state index in [4.69, 9.17) is 5.73 Å². The lowest BCUT2D eigenvalue weighted by Gasteiger charge is -2.14. The van der Waals surface area contributed by atoms with Gasteiger partial charge >= 0.3 is 0 Å². The predicted octanol–water partition coefficient (Wildman–Crippen LogP) is 3.40. The number of pyridine rings is 1. The predicted molar refractivity (Wildman–Crippen MR) is 77.7 cm³/mol. The summed E-state index contributed by atoms with van der Waals surface area (Å²) in [5, 5.41) is 0. The van der Waals surface area contributed by atoms with Gasteiger partial charge in [-0.3, -0.25) is 4.98 Å². The molecule has 2 N–H and O–H groups in total. The first-order chi connectivity index (χ1) is 9.59. The Morgan fingerprint density at radius 1 is 1.25 bits per heavy atom. The van der Waals surface area contributed by atoms with Crippen LogP contribution in [0.3, 0.4) is 0 Å². The maximum absolute atomic E-state index is 13.7. The van der Waals surface area contributed by atoms with E-state index in [9.17, 15) is 4.39 Å². The van der Waals surface area contributed by atoms with Gasteiger partial charge < -0.3 is 10.3 Å². The molecule has 0 spiro atoms. The van der Waals surface area contributed by atoms with Crippen molar-refractivity contribution in [2.45, 2.75) is 19.9 Å². The lowest BCUT2D eigenvalue weighted by molar-refractivity contribution is 0.620. The van der Waals surface area contributed by atoms with E-state index in [1.807, 2.05) is 10.6 Å². The van der Waals surface area contributed by atoms with E-state index in [0.29, 0.717) is 11.4 Å². The molecule has 0 amide bonds. The number of anilines is 1. The molecular formula is C15H15FN4. The van der Waals surface area contributed by atoms with E-state index in [-0.39, 0.29) is 11.7 Å². The van der Waals surface area contributed by atoms with Crippen LogP contribution in [0.2, 0.25) is 0 Å². The molecule has 20 heavy (non-hydrogen) atoms. The van der Waals surface area contributed by atoms with Gasteiger partial charge in [0.25, 0.3) is 0 Å². The Kier molecular flexibility index (Phi) is 2.89. The SMILES string of the molecule is CC(C)n1c(-c2cccc(F)c2N)nc2cnccc21. The summed E-state index contributed by atoms with van der Waals surface area (Å²) in [7, 11) is 0. The number of aromatic nitrogens is 3. The second-order valence-electron chi connectivity index (χ2n) is 4.96. The Bertz CT molecular complexity index is 777. The van der Waals surface area contributed by atoms with Crippen LogP contribution in [0.4, 0.5) is 10.1 Å². The average Bonchev–Trinajstić information content (AvgIpc) is 2.81. The summed E-state index contributed by atoms with van der Waals surface area (Å²) < 4.78 is 15.7. The molecule has 0 atom stereocenters. The number of hydrogen-bond donors (Lipinski definition) is 1. The molecule has 0 radical (unpaired) electrons. The summed E-state index contributed by atoms with van der Waals surface area (Å²) in [6.45, 7) is 4.11. The summed E-state index contributed by atoms with van der Waals surface area (Å²) in [5.74, 6) is 0.239. The Hall–Kier alpha value is -2.43. The van der Waals surface area contributed by atoms with Crippen molar-refractivity contribution in [3.8, 4) is 11.4 Å². The summed E-state index contributed by atoms with van der Waals surface area (Å²) >= 11 is 0. The number of hydrogen-bond acceptors (Lipinski definition) is 3. The van der Waals surface area contributed by atoms with Crippen molar-refractivity contribution in [3.05, 3.63) is 42.5 Å². The van der Waals surface area contributed by atoms with E-state index < -0.39 is 5.82 Å². The molecule has 0 aliphatic heterocycles. The molecule has 0 saturated heterocycles. The van der Waals surface area contributed by atoms with E-state index in [1.165, 1.54) is 6.07 Å². The van der Waals surface area contributed by atoms with Crippen molar-refractivity contribution in [1.82, 2.24) is 14.5 Å². The van der Waals surface area contributed by atoms with Gasteiger partial charge in [-0.15, -0.1) is 0 Å². The van der Waals surface area contributed by atoms with Crippen molar-refractivity contribution in [3.63, 3.8) is 0 Å². The van der Waals surface area contributed by atoms with Gasteiger partial charge in [0.2, 0.25) is 0 Å². The largest absolute Gasteiger partial charge is 0.396 e. The van der Waals surface area contributed by atoms with E-state index in [0.717, 1.165) is 11.0 Å². The highest BCUT2D eigenvalue weighted by Crippen LogP contribution is 2.32. The Labute approximate surface area is 116 Å². The topological polar surface area (TPSA) is 56.7 Å². The lowest BCUT2D eigenvalue weighted by atomic mass is 10.1. The van der Waals surface area contributed by atoms with Crippen LogP contribution in [0.15, 0.2) is 36.7 Å². The van der Waals surface area contributed by atoms with Gasteiger partial charge in [0.05, 0.1) is 17.4 Å². The molecule has 1 aromatic carbocycles. The fraction of sp³-hybridized carbons (Fsp3) is 0.200. The second kappa shape index (κ2) is 4.59. The van der Waals surface area contributed by atoms with Crippen LogP contribution in [0.25, 0.3) is 22.4 Å². The van der Waals surface area contributed by atoms with Crippen LogP contribution in [-0.4, -0.2) is 14.5 Å². The first-order valence-corrected chi connectivity index (χ1v) is 6.46. The number of nitrogens with two attached hydrogens (primary N) is 1. The zero-order valence-electron chi connectivity index (χ0n) is 11.3. The summed E-state index contributed by atoms with van der Waals surface area (Å²) in [6.07, 6.45) is 3.43. The highest BCUT2D eigenvalue weighted by Gasteiger charge is 2.17. The molecule has 4 nitrogen and oxygen atoms in total. The van der Waals surface area contributed by atoms with E-state index >= 15 is 0 Å². The summed E-state index contributed by atoms with van der Waals surface area (Å²) in [6, 6.07) is 6.86. The van der Waals surface area contributed by atoms with Gasteiger partial charge in [-0.25, -0.2) is 9.37 Å². The van der Waals surface area contributed by atoms with Gasteiger partial charge in [-0.1, -0.05) is 6.07 Å². The summed E-state index contributed by atoms with van der Waals surface area (Å²) in [4.78, 5) is 8.64. The van der Waals surface area contributed by atoms with Gasteiger partial charge in [0.15, 0.2) is 0 Å². The molecule has 102 valence electrons. The molecule has 0 aliphatic carbocycles. The minimum absolute atomic E-state index is 0.123. The van der Waals surface area contributed by atoms with Crippen molar-refractivity contribution in [2.75, 3.05) is 5.73 Å². The smallest absolute Gasteiger partial charge is 0.146 e. The molecule has 3 rings (SSSR count). The van der Waals surface area contributed by atoms with Crippen molar-refractivity contribution in [2.24, 2.45) is 0 Å². The molecular weight excluding hydrogens is 255 g/mol. The minimum Gasteiger partial charge on any atom is -0.396 e. The summed E-state index contributed by atoms with van der Waals surface area (Å²) in [5.41, 5.74) is 8.33. The first kappa shape index (κ1) is 12.6. The monoisotopic (exact) mass is 270 g/mol. The molecule has 5 heteroatoms. The number of nitrogen functional groups attached to an aromatic ring is 1. The lowest BCUT2D eigenvalue weighted by Crippen LogP contribution is -2.05. The number of nitrogens with zero attached hydrogens (tertiary/aromatic N) is 3. The third-order valence-electron chi connectivity index (χ3n) is 3.30. The van der Waals surface area contributed by atoms with Crippen LogP contribution in [0, 0.1) is 5.82 Å². The molecule has 0 unspecified atom stereocenters. The Balaban J connectivity index is 2.36. The number of fused-ring (bicyclic) bond motifs is 1. The maximum atomic E-state index is 13.7. The molecule has 0 fully saturated rings. The number of benzene rings is 1. The molecule has 0 saturated carbocycles. The fourth-order valence-electron chi connectivity index (χ4n) is 2.40. The van der Waals surface area contributed by atoms with Crippen LogP contribution in [0.5, 0.6) is 0 Å². The fourth-order valence-corrected chi connectivity index (χ4v) is 2.40. The molecule has 2 heterocycles. The second-order valence-corrected chi connectivity index (χ2v) is 4.96. The van der Waals surface area contributed by atoms with Crippen LogP contribution >= 0.6 is 0 Å². The van der Waals surface area contributed by atoms with Gasteiger partial charge in [-0.2, -0.15) is 0 Å². The van der Waals surface area contributed by atoms with Crippen LogP contribution < -0.4 is 5.73 Å². The van der Waals surface area contributed by atoms with Crippen molar-refractivity contribution in [1.29, 1.82) is 0 Å². The molecule has 3 aromatic rings. The van der Waals surface area contributed by atoms with Crippen LogP contribution in [0.1, 0.15) is 19.9 Å². The highest BCUT2D eigenvalue weighted by atomic mass is 19.1. The van der Waals surface area contributed by atoms with E-state index in [2.05, 4.69) is 23.8 Å². The number of para-hydroxylation sites is 1. The van der Waals surface area contributed by atoms with Crippen molar-refractivity contribution >= 4 is 16.7 Å². The third-order valence-corrected chi connectivity index (χ3v) is 3.30. The highest BCUT2D eigenvalue weighted by molar-refractivity contribution is 5.83. The first-order valence-electron chi connectivity index (χ1n) is 6.46. The molecule has 0 aliphatic rings. The number of halogens is 1. The average molecular weight is 270 g/mol. The van der Waals surface area contributed by atoms with Crippen LogP contribution in [-0.2, 0) is 0 Å². The van der Waals surface area contributed by atoms with E-state index in [1.54, 1.807) is 24.5 Å². The van der Waals surface area contributed by atoms with Crippen molar-refractivity contribution < 1.29 is 4.39 Å². The molecule has 0 bridgehead atoms. The number of imidazole rings is 1. The maximum Gasteiger partial charge on any atom is 0.146 e.